The molecule has 18 heavy (non-hydrogen) atoms. The normalized spacial score (nSPS) is 13.4. The Kier molecular flexibility index (Phi) is 3.55. The highest BCUT2D eigenvalue weighted by atomic mass is 15.2. The standard InChI is InChI=1S/C14H22N4/c1-9(2)5-6-11(4)18-13-12(17-14(18)15)10(3)7-8-16-13/h7-9,11H,5-6H2,1-4H3,(H2,15,17). The van der Waals surface area contributed by atoms with Gasteiger partial charge in [0.2, 0.25) is 5.95 Å². The van der Waals surface area contributed by atoms with Gasteiger partial charge in [0.25, 0.3) is 0 Å². The molecule has 0 fully saturated rings. The van der Waals surface area contributed by atoms with Crippen LogP contribution in [0, 0.1) is 12.8 Å². The molecular formula is C14H22N4. The maximum atomic E-state index is 6.04. The molecule has 1 unspecified atom stereocenters. The van der Waals surface area contributed by atoms with E-state index in [-0.39, 0.29) is 0 Å². The maximum absolute atomic E-state index is 6.04. The van der Waals surface area contributed by atoms with Gasteiger partial charge in [0.15, 0.2) is 5.65 Å². The summed E-state index contributed by atoms with van der Waals surface area (Å²) in [5.41, 5.74) is 9.00. The molecule has 2 N–H and O–H groups in total. The summed E-state index contributed by atoms with van der Waals surface area (Å²) in [4.78, 5) is 8.87. The van der Waals surface area contributed by atoms with E-state index in [1.165, 1.54) is 6.42 Å². The van der Waals surface area contributed by atoms with Crippen LogP contribution in [0.3, 0.4) is 0 Å². The van der Waals surface area contributed by atoms with Crippen LogP contribution in [-0.4, -0.2) is 14.5 Å². The minimum Gasteiger partial charge on any atom is -0.369 e. The van der Waals surface area contributed by atoms with Crippen molar-refractivity contribution >= 4 is 17.1 Å². The van der Waals surface area contributed by atoms with E-state index in [0.29, 0.717) is 17.9 Å². The Morgan fingerprint density at radius 1 is 1.28 bits per heavy atom. The fourth-order valence-electron chi connectivity index (χ4n) is 2.27. The maximum Gasteiger partial charge on any atom is 0.202 e. The van der Waals surface area contributed by atoms with Crippen molar-refractivity contribution in [3.63, 3.8) is 0 Å². The molecule has 4 heteroatoms. The zero-order valence-electron chi connectivity index (χ0n) is 11.6. The van der Waals surface area contributed by atoms with Crippen molar-refractivity contribution in [1.29, 1.82) is 0 Å². The molecule has 0 aromatic carbocycles. The summed E-state index contributed by atoms with van der Waals surface area (Å²) in [5, 5.41) is 0. The Bertz CT molecular complexity index is 542. The third-order valence-corrected chi connectivity index (χ3v) is 3.41. The average Bonchev–Trinajstić information content (AvgIpc) is 2.64. The second-order valence-corrected chi connectivity index (χ2v) is 5.46. The number of aryl methyl sites for hydroxylation is 1. The van der Waals surface area contributed by atoms with Gasteiger partial charge in [0.05, 0.1) is 0 Å². The van der Waals surface area contributed by atoms with E-state index in [4.69, 9.17) is 5.73 Å². The molecule has 98 valence electrons. The Hall–Kier alpha value is -1.58. The van der Waals surface area contributed by atoms with E-state index >= 15 is 0 Å². The van der Waals surface area contributed by atoms with Crippen LogP contribution in [0.15, 0.2) is 12.3 Å². The summed E-state index contributed by atoms with van der Waals surface area (Å²) in [6.45, 7) is 8.71. The van der Waals surface area contributed by atoms with Gasteiger partial charge in [-0.25, -0.2) is 9.97 Å². The second kappa shape index (κ2) is 4.96. The number of hydrogen-bond donors (Lipinski definition) is 1. The molecule has 0 aliphatic rings. The number of hydrogen-bond acceptors (Lipinski definition) is 3. The molecule has 0 spiro atoms. The number of fused-ring (bicyclic) bond motifs is 1. The molecule has 0 bridgehead atoms. The van der Waals surface area contributed by atoms with E-state index in [2.05, 4.69) is 35.3 Å². The number of aromatic nitrogens is 3. The number of rotatable bonds is 4. The summed E-state index contributed by atoms with van der Waals surface area (Å²) < 4.78 is 2.06. The highest BCUT2D eigenvalue weighted by molar-refractivity contribution is 5.77. The summed E-state index contributed by atoms with van der Waals surface area (Å²) in [6, 6.07) is 2.31. The smallest absolute Gasteiger partial charge is 0.202 e. The summed E-state index contributed by atoms with van der Waals surface area (Å²) in [7, 11) is 0. The monoisotopic (exact) mass is 246 g/mol. The van der Waals surface area contributed by atoms with Crippen LogP contribution in [0.2, 0.25) is 0 Å². The first kappa shape index (κ1) is 12.9. The van der Waals surface area contributed by atoms with Gasteiger partial charge in [-0.2, -0.15) is 0 Å². The first-order chi connectivity index (χ1) is 8.50. The number of pyridine rings is 1. The highest BCUT2D eigenvalue weighted by Gasteiger charge is 2.16. The van der Waals surface area contributed by atoms with Crippen molar-refractivity contribution in [3.05, 3.63) is 17.8 Å². The number of nitrogen functional groups attached to an aromatic ring is 1. The largest absolute Gasteiger partial charge is 0.369 e. The van der Waals surface area contributed by atoms with Gasteiger partial charge >= 0.3 is 0 Å². The minimum atomic E-state index is 0.340. The van der Waals surface area contributed by atoms with Crippen molar-refractivity contribution in [2.24, 2.45) is 5.92 Å². The second-order valence-electron chi connectivity index (χ2n) is 5.46. The van der Waals surface area contributed by atoms with Gasteiger partial charge < -0.3 is 5.73 Å². The molecule has 2 heterocycles. The van der Waals surface area contributed by atoms with Gasteiger partial charge in [-0.1, -0.05) is 13.8 Å². The fraction of sp³-hybridized carbons (Fsp3) is 0.571. The average molecular weight is 246 g/mol. The summed E-state index contributed by atoms with van der Waals surface area (Å²) >= 11 is 0. The number of nitrogens with zero attached hydrogens (tertiary/aromatic N) is 3. The van der Waals surface area contributed by atoms with E-state index < -0.39 is 0 Å². The van der Waals surface area contributed by atoms with Crippen molar-refractivity contribution < 1.29 is 0 Å². The van der Waals surface area contributed by atoms with Crippen LogP contribution in [-0.2, 0) is 0 Å². The summed E-state index contributed by atoms with van der Waals surface area (Å²) in [5.74, 6) is 1.28. The molecule has 0 aliphatic heterocycles. The van der Waals surface area contributed by atoms with Gasteiger partial charge in [-0.05, 0) is 44.2 Å². The Morgan fingerprint density at radius 3 is 2.67 bits per heavy atom. The van der Waals surface area contributed by atoms with Crippen LogP contribution in [0.1, 0.15) is 45.2 Å². The predicted octanol–water partition coefficient (Wildman–Crippen LogP) is 3.32. The first-order valence-corrected chi connectivity index (χ1v) is 6.59. The fourth-order valence-corrected chi connectivity index (χ4v) is 2.27. The lowest BCUT2D eigenvalue weighted by Gasteiger charge is -2.16. The Balaban J connectivity index is 2.38. The summed E-state index contributed by atoms with van der Waals surface area (Å²) in [6.07, 6.45) is 4.11. The molecule has 2 aromatic rings. The molecule has 4 nitrogen and oxygen atoms in total. The third kappa shape index (κ3) is 2.33. The van der Waals surface area contributed by atoms with Crippen LogP contribution in [0.4, 0.5) is 5.95 Å². The molecule has 2 rings (SSSR count). The minimum absolute atomic E-state index is 0.340. The topological polar surface area (TPSA) is 56.7 Å². The lowest BCUT2D eigenvalue weighted by atomic mass is 10.0. The zero-order valence-corrected chi connectivity index (χ0v) is 11.6. The molecule has 0 saturated heterocycles. The number of nitrogens with two attached hydrogens (primary N) is 1. The van der Waals surface area contributed by atoms with Crippen LogP contribution in [0.5, 0.6) is 0 Å². The molecule has 0 amide bonds. The van der Waals surface area contributed by atoms with Gasteiger partial charge in [0, 0.05) is 12.2 Å². The molecular weight excluding hydrogens is 224 g/mol. The quantitative estimate of drug-likeness (QED) is 0.900. The lowest BCUT2D eigenvalue weighted by molar-refractivity contribution is 0.448. The lowest BCUT2D eigenvalue weighted by Crippen LogP contribution is -2.10. The van der Waals surface area contributed by atoms with E-state index in [1.807, 2.05) is 19.2 Å². The van der Waals surface area contributed by atoms with Gasteiger partial charge in [-0.15, -0.1) is 0 Å². The van der Waals surface area contributed by atoms with Crippen LogP contribution in [0.25, 0.3) is 11.2 Å². The van der Waals surface area contributed by atoms with Crippen LogP contribution >= 0.6 is 0 Å². The molecule has 0 radical (unpaired) electrons. The van der Waals surface area contributed by atoms with Crippen molar-refractivity contribution in [3.8, 4) is 0 Å². The van der Waals surface area contributed by atoms with Gasteiger partial charge in [-0.3, -0.25) is 4.57 Å². The van der Waals surface area contributed by atoms with Crippen molar-refractivity contribution in [2.45, 2.75) is 46.6 Å². The molecule has 1 atom stereocenters. The molecule has 0 saturated carbocycles. The van der Waals surface area contributed by atoms with Gasteiger partial charge in [0.1, 0.15) is 5.52 Å². The van der Waals surface area contributed by atoms with E-state index in [0.717, 1.165) is 23.1 Å². The first-order valence-electron chi connectivity index (χ1n) is 6.59. The van der Waals surface area contributed by atoms with Crippen molar-refractivity contribution in [2.75, 3.05) is 5.73 Å². The highest BCUT2D eigenvalue weighted by Crippen LogP contribution is 2.26. The Labute approximate surface area is 108 Å². The van der Waals surface area contributed by atoms with Crippen LogP contribution < -0.4 is 5.73 Å². The molecule has 2 aromatic heterocycles. The zero-order chi connectivity index (χ0) is 13.3. The third-order valence-electron chi connectivity index (χ3n) is 3.41. The van der Waals surface area contributed by atoms with E-state index in [1.54, 1.807) is 0 Å². The van der Waals surface area contributed by atoms with E-state index in [9.17, 15) is 0 Å². The SMILES string of the molecule is Cc1ccnc2c1nc(N)n2C(C)CCC(C)C. The Morgan fingerprint density at radius 2 is 2.00 bits per heavy atom. The molecule has 0 aliphatic carbocycles. The number of imidazole rings is 1. The number of anilines is 1. The van der Waals surface area contributed by atoms with Crippen molar-refractivity contribution in [1.82, 2.24) is 14.5 Å². The predicted molar refractivity (Wildman–Crippen MR) is 75.5 cm³/mol.